The standard InChI is InChI=1S/C17H22N2O3S/c1-4-22-16-9-8-14(13(2)3)11-17(16)23(20,21)19-12-15-7-5-6-10-18-15/h5-11,13,19H,4,12H2,1-3H3. The van der Waals surface area contributed by atoms with Crippen LogP contribution in [0.25, 0.3) is 0 Å². The predicted molar refractivity (Wildman–Crippen MR) is 90.0 cm³/mol. The van der Waals surface area contributed by atoms with E-state index in [1.165, 1.54) is 0 Å². The van der Waals surface area contributed by atoms with Crippen LogP contribution in [-0.2, 0) is 16.6 Å². The van der Waals surface area contributed by atoms with E-state index in [1.807, 2.05) is 32.9 Å². The van der Waals surface area contributed by atoms with Gasteiger partial charge in [0.15, 0.2) is 0 Å². The fraction of sp³-hybridized carbons (Fsp3) is 0.353. The zero-order chi connectivity index (χ0) is 16.9. The summed E-state index contributed by atoms with van der Waals surface area (Å²) in [4.78, 5) is 4.29. The predicted octanol–water partition coefficient (Wildman–Crippen LogP) is 3.08. The summed E-state index contributed by atoms with van der Waals surface area (Å²) < 4.78 is 33.4. The van der Waals surface area contributed by atoms with Gasteiger partial charge in [-0.2, -0.15) is 0 Å². The lowest BCUT2D eigenvalue weighted by Gasteiger charge is -2.14. The van der Waals surface area contributed by atoms with Crippen molar-refractivity contribution >= 4 is 10.0 Å². The first kappa shape index (κ1) is 17.4. The van der Waals surface area contributed by atoms with Gasteiger partial charge in [-0.05, 0) is 42.7 Å². The lowest BCUT2D eigenvalue weighted by atomic mass is 10.0. The van der Waals surface area contributed by atoms with Gasteiger partial charge in [0.05, 0.1) is 18.8 Å². The number of rotatable bonds is 7. The Hall–Kier alpha value is -1.92. The van der Waals surface area contributed by atoms with Crippen molar-refractivity contribution in [2.75, 3.05) is 6.61 Å². The summed E-state index contributed by atoms with van der Waals surface area (Å²) >= 11 is 0. The van der Waals surface area contributed by atoms with Crippen LogP contribution in [0.3, 0.4) is 0 Å². The van der Waals surface area contributed by atoms with Crippen LogP contribution in [0.1, 0.15) is 37.9 Å². The van der Waals surface area contributed by atoms with E-state index in [0.29, 0.717) is 18.1 Å². The molecule has 2 rings (SSSR count). The summed E-state index contributed by atoms with van der Waals surface area (Å²) in [5.41, 5.74) is 1.61. The molecule has 23 heavy (non-hydrogen) atoms. The van der Waals surface area contributed by atoms with E-state index in [9.17, 15) is 8.42 Å². The van der Waals surface area contributed by atoms with Crippen molar-refractivity contribution in [3.63, 3.8) is 0 Å². The van der Waals surface area contributed by atoms with Crippen molar-refractivity contribution in [1.82, 2.24) is 9.71 Å². The van der Waals surface area contributed by atoms with Gasteiger partial charge in [0.2, 0.25) is 10.0 Å². The third kappa shape index (κ3) is 4.53. The van der Waals surface area contributed by atoms with Crippen molar-refractivity contribution in [3.8, 4) is 5.75 Å². The van der Waals surface area contributed by atoms with E-state index in [4.69, 9.17) is 4.74 Å². The molecule has 0 spiro atoms. The third-order valence-corrected chi connectivity index (χ3v) is 4.82. The van der Waals surface area contributed by atoms with Crippen molar-refractivity contribution in [2.24, 2.45) is 0 Å². The van der Waals surface area contributed by atoms with Crippen LogP contribution in [0.4, 0.5) is 0 Å². The maximum absolute atomic E-state index is 12.7. The molecule has 0 radical (unpaired) electrons. The fourth-order valence-corrected chi connectivity index (χ4v) is 3.29. The van der Waals surface area contributed by atoms with E-state index in [2.05, 4.69) is 9.71 Å². The normalized spacial score (nSPS) is 11.7. The summed E-state index contributed by atoms with van der Waals surface area (Å²) in [6.45, 7) is 6.42. The van der Waals surface area contributed by atoms with Gasteiger partial charge in [-0.1, -0.05) is 26.0 Å². The summed E-state index contributed by atoms with van der Waals surface area (Å²) in [5.74, 6) is 0.598. The number of sulfonamides is 1. The molecule has 124 valence electrons. The van der Waals surface area contributed by atoms with Gasteiger partial charge < -0.3 is 4.74 Å². The molecule has 1 heterocycles. The van der Waals surface area contributed by atoms with Gasteiger partial charge in [-0.15, -0.1) is 0 Å². The average Bonchev–Trinajstić information content (AvgIpc) is 2.54. The summed E-state index contributed by atoms with van der Waals surface area (Å²) in [5, 5.41) is 0. The smallest absolute Gasteiger partial charge is 0.244 e. The number of pyridine rings is 1. The molecule has 0 aliphatic heterocycles. The van der Waals surface area contributed by atoms with Gasteiger partial charge in [0.25, 0.3) is 0 Å². The second-order valence-corrected chi connectivity index (χ2v) is 7.17. The molecule has 0 unspecified atom stereocenters. The van der Waals surface area contributed by atoms with Gasteiger partial charge in [-0.3, -0.25) is 4.98 Å². The second-order valence-electron chi connectivity index (χ2n) is 5.44. The zero-order valence-corrected chi connectivity index (χ0v) is 14.4. The molecule has 2 aromatic rings. The molecule has 6 heteroatoms. The first-order valence-electron chi connectivity index (χ1n) is 7.60. The monoisotopic (exact) mass is 334 g/mol. The van der Waals surface area contributed by atoms with Crippen molar-refractivity contribution in [2.45, 2.75) is 38.1 Å². The lowest BCUT2D eigenvalue weighted by Crippen LogP contribution is -2.24. The second kappa shape index (κ2) is 7.57. The molecule has 0 atom stereocenters. The molecule has 0 aliphatic rings. The molecular formula is C17H22N2O3S. The van der Waals surface area contributed by atoms with Crippen LogP contribution < -0.4 is 9.46 Å². The Bertz CT molecular complexity index is 744. The van der Waals surface area contributed by atoms with E-state index < -0.39 is 10.0 Å². The van der Waals surface area contributed by atoms with Crippen molar-refractivity contribution < 1.29 is 13.2 Å². The highest BCUT2D eigenvalue weighted by molar-refractivity contribution is 7.89. The maximum Gasteiger partial charge on any atom is 0.244 e. The number of hydrogen-bond acceptors (Lipinski definition) is 4. The van der Waals surface area contributed by atoms with Crippen LogP contribution in [0.2, 0.25) is 0 Å². The highest BCUT2D eigenvalue weighted by Gasteiger charge is 2.21. The van der Waals surface area contributed by atoms with Gasteiger partial charge >= 0.3 is 0 Å². The average molecular weight is 334 g/mol. The molecule has 1 aromatic carbocycles. The molecule has 5 nitrogen and oxygen atoms in total. The molecule has 0 saturated heterocycles. The highest BCUT2D eigenvalue weighted by Crippen LogP contribution is 2.28. The Kier molecular flexibility index (Phi) is 5.74. The summed E-state index contributed by atoms with van der Waals surface area (Å²) in [6, 6.07) is 10.7. The molecule has 0 bridgehead atoms. The topological polar surface area (TPSA) is 68.3 Å². The number of benzene rings is 1. The Morgan fingerprint density at radius 3 is 2.61 bits per heavy atom. The Balaban J connectivity index is 2.31. The summed E-state index contributed by atoms with van der Waals surface area (Å²) in [7, 11) is -3.68. The van der Waals surface area contributed by atoms with Crippen LogP contribution in [0, 0.1) is 0 Å². The molecular weight excluding hydrogens is 312 g/mol. The van der Waals surface area contributed by atoms with Gasteiger partial charge in [0.1, 0.15) is 10.6 Å². The van der Waals surface area contributed by atoms with Crippen LogP contribution in [0.5, 0.6) is 5.75 Å². The molecule has 0 saturated carbocycles. The minimum atomic E-state index is -3.68. The Labute approximate surface area is 137 Å². The van der Waals surface area contributed by atoms with Crippen LogP contribution in [0.15, 0.2) is 47.5 Å². The van der Waals surface area contributed by atoms with Crippen LogP contribution in [-0.4, -0.2) is 20.0 Å². The third-order valence-electron chi connectivity index (χ3n) is 3.39. The van der Waals surface area contributed by atoms with E-state index in [-0.39, 0.29) is 17.4 Å². The molecule has 0 amide bonds. The SMILES string of the molecule is CCOc1ccc(C(C)C)cc1S(=O)(=O)NCc1ccccn1. The first-order valence-corrected chi connectivity index (χ1v) is 9.08. The van der Waals surface area contributed by atoms with E-state index in [0.717, 1.165) is 5.56 Å². The van der Waals surface area contributed by atoms with E-state index in [1.54, 1.807) is 30.5 Å². The minimum Gasteiger partial charge on any atom is -0.492 e. The van der Waals surface area contributed by atoms with Crippen LogP contribution >= 0.6 is 0 Å². The Morgan fingerprint density at radius 1 is 1.22 bits per heavy atom. The molecule has 0 aliphatic carbocycles. The minimum absolute atomic E-state index is 0.140. The van der Waals surface area contributed by atoms with Crippen molar-refractivity contribution in [3.05, 3.63) is 53.9 Å². The number of ether oxygens (including phenoxy) is 1. The zero-order valence-electron chi connectivity index (χ0n) is 13.6. The maximum atomic E-state index is 12.7. The highest BCUT2D eigenvalue weighted by atomic mass is 32.2. The lowest BCUT2D eigenvalue weighted by molar-refractivity contribution is 0.330. The number of nitrogens with zero attached hydrogens (tertiary/aromatic N) is 1. The molecule has 0 fully saturated rings. The number of nitrogens with one attached hydrogen (secondary N) is 1. The molecule has 1 N–H and O–H groups in total. The van der Waals surface area contributed by atoms with Crippen molar-refractivity contribution in [1.29, 1.82) is 0 Å². The van der Waals surface area contributed by atoms with E-state index >= 15 is 0 Å². The quantitative estimate of drug-likeness (QED) is 0.845. The number of hydrogen-bond donors (Lipinski definition) is 1. The first-order chi connectivity index (χ1) is 10.9. The number of aromatic nitrogens is 1. The fourth-order valence-electron chi connectivity index (χ4n) is 2.12. The molecule has 1 aromatic heterocycles. The Morgan fingerprint density at radius 2 is 2.00 bits per heavy atom. The largest absolute Gasteiger partial charge is 0.492 e. The van der Waals surface area contributed by atoms with Gasteiger partial charge in [-0.25, -0.2) is 13.1 Å². The van der Waals surface area contributed by atoms with Gasteiger partial charge in [0, 0.05) is 6.20 Å². The summed E-state index contributed by atoms with van der Waals surface area (Å²) in [6.07, 6.45) is 1.63.